The average molecular weight is 453 g/mol. The molecule has 3 aromatic carbocycles. The van der Waals surface area contributed by atoms with E-state index in [1.54, 1.807) is 42.5 Å². The summed E-state index contributed by atoms with van der Waals surface area (Å²) in [5.41, 5.74) is 2.28. The molecule has 0 unspecified atom stereocenters. The van der Waals surface area contributed by atoms with Crippen LogP contribution in [0.4, 0.5) is 11.4 Å². The van der Waals surface area contributed by atoms with Crippen molar-refractivity contribution >= 4 is 39.1 Å². The quantitative estimate of drug-likeness (QED) is 0.592. The normalized spacial score (nSPS) is 11.8. The Morgan fingerprint density at radius 3 is 2.48 bits per heavy atom. The molecular formula is C22H17BrN2O4. The Morgan fingerprint density at radius 2 is 1.66 bits per heavy atom. The molecule has 7 heteroatoms. The number of para-hydroxylation sites is 1. The largest absolute Gasteiger partial charge is 0.454 e. The Kier molecular flexibility index (Phi) is 5.48. The van der Waals surface area contributed by atoms with E-state index in [-0.39, 0.29) is 25.0 Å². The molecule has 1 heterocycles. The second kappa shape index (κ2) is 8.36. The van der Waals surface area contributed by atoms with Gasteiger partial charge in [-0.05, 0) is 42.0 Å². The predicted molar refractivity (Wildman–Crippen MR) is 113 cm³/mol. The van der Waals surface area contributed by atoms with Crippen molar-refractivity contribution in [1.82, 2.24) is 0 Å². The monoisotopic (exact) mass is 452 g/mol. The van der Waals surface area contributed by atoms with Crippen molar-refractivity contribution in [3.8, 4) is 11.5 Å². The number of hydrogen-bond acceptors (Lipinski definition) is 4. The minimum absolute atomic E-state index is 0.167. The minimum atomic E-state index is -0.330. The summed E-state index contributed by atoms with van der Waals surface area (Å²) >= 11 is 3.37. The number of carbonyl (C=O) groups is 2. The van der Waals surface area contributed by atoms with Gasteiger partial charge in [-0.25, -0.2) is 0 Å². The molecule has 1 aliphatic rings. The van der Waals surface area contributed by atoms with E-state index in [1.165, 1.54) is 0 Å². The molecule has 146 valence electrons. The number of ether oxygens (including phenoxy) is 2. The molecule has 1 aliphatic heterocycles. The number of fused-ring (bicyclic) bond motifs is 1. The fraction of sp³-hybridized carbons (Fsp3) is 0.0909. The van der Waals surface area contributed by atoms with Gasteiger partial charge in [0.15, 0.2) is 11.5 Å². The highest BCUT2D eigenvalue weighted by Gasteiger charge is 2.17. The molecule has 0 saturated carbocycles. The van der Waals surface area contributed by atoms with Crippen LogP contribution in [-0.4, -0.2) is 18.6 Å². The van der Waals surface area contributed by atoms with Gasteiger partial charge in [0.2, 0.25) is 12.7 Å². The van der Waals surface area contributed by atoms with Gasteiger partial charge in [-0.1, -0.05) is 40.2 Å². The average Bonchev–Trinajstić information content (AvgIpc) is 3.18. The highest BCUT2D eigenvalue weighted by molar-refractivity contribution is 9.10. The SMILES string of the molecule is O=C(Cc1ccc(Br)cc1)Nc1ccccc1C(=O)Nc1ccc2c(c1)OCO2. The number of anilines is 2. The van der Waals surface area contributed by atoms with Crippen molar-refractivity contribution in [3.05, 3.63) is 82.3 Å². The first-order valence-electron chi connectivity index (χ1n) is 8.93. The molecule has 0 aromatic heterocycles. The zero-order valence-electron chi connectivity index (χ0n) is 15.3. The molecule has 29 heavy (non-hydrogen) atoms. The van der Waals surface area contributed by atoms with Crippen LogP contribution in [0, 0.1) is 0 Å². The van der Waals surface area contributed by atoms with Crippen molar-refractivity contribution in [3.63, 3.8) is 0 Å². The fourth-order valence-corrected chi connectivity index (χ4v) is 3.21. The molecule has 2 amide bonds. The van der Waals surface area contributed by atoms with Crippen LogP contribution in [0.5, 0.6) is 11.5 Å². The summed E-state index contributed by atoms with van der Waals surface area (Å²) in [6, 6.07) is 19.6. The van der Waals surface area contributed by atoms with Crippen LogP contribution in [-0.2, 0) is 11.2 Å². The minimum Gasteiger partial charge on any atom is -0.454 e. The predicted octanol–water partition coefficient (Wildman–Crippen LogP) is 4.61. The van der Waals surface area contributed by atoms with E-state index in [0.29, 0.717) is 28.4 Å². The number of rotatable bonds is 5. The molecule has 0 fully saturated rings. The Bertz CT molecular complexity index is 1070. The maximum atomic E-state index is 12.8. The maximum absolute atomic E-state index is 12.8. The van der Waals surface area contributed by atoms with Crippen molar-refractivity contribution < 1.29 is 19.1 Å². The summed E-state index contributed by atoms with van der Waals surface area (Å²) in [7, 11) is 0. The zero-order valence-corrected chi connectivity index (χ0v) is 16.9. The highest BCUT2D eigenvalue weighted by atomic mass is 79.9. The second-order valence-corrected chi connectivity index (χ2v) is 7.33. The van der Waals surface area contributed by atoms with E-state index < -0.39 is 0 Å². The number of halogens is 1. The molecule has 0 radical (unpaired) electrons. The molecule has 0 aliphatic carbocycles. The van der Waals surface area contributed by atoms with Crippen LogP contribution in [0.25, 0.3) is 0 Å². The summed E-state index contributed by atoms with van der Waals surface area (Å²) in [5, 5.41) is 5.65. The molecule has 4 rings (SSSR count). The Balaban J connectivity index is 1.46. The Labute approximate surface area is 176 Å². The summed E-state index contributed by atoms with van der Waals surface area (Å²) in [4.78, 5) is 25.2. The first kappa shape index (κ1) is 19.0. The molecule has 2 N–H and O–H groups in total. The lowest BCUT2D eigenvalue weighted by Crippen LogP contribution is -2.19. The van der Waals surface area contributed by atoms with E-state index in [9.17, 15) is 9.59 Å². The van der Waals surface area contributed by atoms with Gasteiger partial charge >= 0.3 is 0 Å². The van der Waals surface area contributed by atoms with Gasteiger partial charge in [0.1, 0.15) is 0 Å². The summed E-state index contributed by atoms with van der Waals surface area (Å²) in [6.07, 6.45) is 0.214. The van der Waals surface area contributed by atoms with E-state index in [0.717, 1.165) is 10.0 Å². The number of carbonyl (C=O) groups excluding carboxylic acids is 2. The van der Waals surface area contributed by atoms with E-state index in [2.05, 4.69) is 26.6 Å². The molecular weight excluding hydrogens is 436 g/mol. The first-order valence-corrected chi connectivity index (χ1v) is 9.72. The molecule has 0 atom stereocenters. The summed E-state index contributed by atoms with van der Waals surface area (Å²) < 4.78 is 11.6. The lowest BCUT2D eigenvalue weighted by Gasteiger charge is -2.12. The van der Waals surface area contributed by atoms with Crippen LogP contribution in [0.1, 0.15) is 15.9 Å². The standard InChI is InChI=1S/C22H17BrN2O4/c23-15-7-5-14(6-8-15)11-21(26)25-18-4-2-1-3-17(18)22(27)24-16-9-10-19-20(12-16)29-13-28-19/h1-10,12H,11,13H2,(H,24,27)(H,25,26). The number of benzene rings is 3. The Hall–Kier alpha value is -3.32. The first-order chi connectivity index (χ1) is 14.1. The van der Waals surface area contributed by atoms with Crippen molar-refractivity contribution in [2.24, 2.45) is 0 Å². The topological polar surface area (TPSA) is 76.7 Å². The van der Waals surface area contributed by atoms with Gasteiger partial charge < -0.3 is 20.1 Å². The molecule has 3 aromatic rings. The zero-order chi connectivity index (χ0) is 20.2. The van der Waals surface area contributed by atoms with E-state index in [4.69, 9.17) is 9.47 Å². The lowest BCUT2D eigenvalue weighted by atomic mass is 10.1. The molecule has 0 spiro atoms. The third-order valence-electron chi connectivity index (χ3n) is 4.35. The summed E-state index contributed by atoms with van der Waals surface area (Å²) in [5.74, 6) is 0.696. The second-order valence-electron chi connectivity index (χ2n) is 6.42. The molecule has 6 nitrogen and oxygen atoms in total. The van der Waals surface area contributed by atoms with Crippen LogP contribution in [0.3, 0.4) is 0 Å². The maximum Gasteiger partial charge on any atom is 0.257 e. The Morgan fingerprint density at radius 1 is 0.897 bits per heavy atom. The number of amides is 2. The van der Waals surface area contributed by atoms with Crippen molar-refractivity contribution in [2.45, 2.75) is 6.42 Å². The van der Waals surface area contributed by atoms with Gasteiger partial charge in [-0.2, -0.15) is 0 Å². The fourth-order valence-electron chi connectivity index (χ4n) is 2.94. The van der Waals surface area contributed by atoms with Gasteiger partial charge in [0.25, 0.3) is 5.91 Å². The van der Waals surface area contributed by atoms with Crippen molar-refractivity contribution in [1.29, 1.82) is 0 Å². The van der Waals surface area contributed by atoms with Crippen LogP contribution in [0.15, 0.2) is 71.2 Å². The van der Waals surface area contributed by atoms with Crippen LogP contribution >= 0.6 is 15.9 Å². The third-order valence-corrected chi connectivity index (χ3v) is 4.88. The van der Waals surface area contributed by atoms with E-state index >= 15 is 0 Å². The van der Waals surface area contributed by atoms with Crippen molar-refractivity contribution in [2.75, 3.05) is 17.4 Å². The summed E-state index contributed by atoms with van der Waals surface area (Å²) in [6.45, 7) is 0.167. The van der Waals surface area contributed by atoms with Crippen LogP contribution < -0.4 is 20.1 Å². The highest BCUT2D eigenvalue weighted by Crippen LogP contribution is 2.34. The van der Waals surface area contributed by atoms with Gasteiger partial charge in [0.05, 0.1) is 17.7 Å². The molecule has 0 bridgehead atoms. The third kappa shape index (κ3) is 4.57. The number of hydrogen-bond donors (Lipinski definition) is 2. The van der Waals surface area contributed by atoms with Gasteiger partial charge in [-0.3, -0.25) is 9.59 Å². The van der Waals surface area contributed by atoms with E-state index in [1.807, 2.05) is 24.3 Å². The number of nitrogens with one attached hydrogen (secondary N) is 2. The smallest absolute Gasteiger partial charge is 0.257 e. The van der Waals surface area contributed by atoms with Gasteiger partial charge in [-0.15, -0.1) is 0 Å². The van der Waals surface area contributed by atoms with Crippen LogP contribution in [0.2, 0.25) is 0 Å². The van der Waals surface area contributed by atoms with Gasteiger partial charge in [0, 0.05) is 16.2 Å². The lowest BCUT2D eigenvalue weighted by molar-refractivity contribution is -0.115. The molecule has 0 saturated heterocycles.